The highest BCUT2D eigenvalue weighted by atomic mass is 16.5. The summed E-state index contributed by atoms with van der Waals surface area (Å²) in [5.74, 6) is 0.0488. The van der Waals surface area contributed by atoms with Crippen molar-refractivity contribution in [3.05, 3.63) is 11.8 Å². The number of rotatable bonds is 1. The van der Waals surface area contributed by atoms with Gasteiger partial charge in [0.25, 0.3) is 0 Å². The fourth-order valence-electron chi connectivity index (χ4n) is 1.61. The molecule has 1 rings (SSSR count). The first-order chi connectivity index (χ1) is 6.43. The van der Waals surface area contributed by atoms with E-state index in [1.807, 2.05) is 13.8 Å². The Labute approximate surface area is 83.3 Å². The average Bonchev–Trinajstić information content (AvgIpc) is 1.99. The molecule has 1 amide bonds. The van der Waals surface area contributed by atoms with Crippen LogP contribution in [0.25, 0.3) is 0 Å². The van der Waals surface area contributed by atoms with Gasteiger partial charge in [0.1, 0.15) is 0 Å². The minimum absolute atomic E-state index is 0.0488. The number of ketones is 1. The van der Waals surface area contributed by atoms with Gasteiger partial charge in [-0.2, -0.15) is 0 Å². The van der Waals surface area contributed by atoms with Crippen LogP contribution in [-0.2, 0) is 9.53 Å². The first-order valence-electron chi connectivity index (χ1n) is 4.51. The van der Waals surface area contributed by atoms with Crippen LogP contribution in [0.2, 0.25) is 0 Å². The molecule has 1 N–H and O–H groups in total. The van der Waals surface area contributed by atoms with Crippen molar-refractivity contribution >= 4 is 11.9 Å². The van der Waals surface area contributed by atoms with Crippen molar-refractivity contribution in [1.82, 2.24) is 5.32 Å². The van der Waals surface area contributed by atoms with E-state index in [1.165, 1.54) is 13.2 Å². The van der Waals surface area contributed by atoms with Crippen LogP contribution in [0, 0.1) is 5.41 Å². The first kappa shape index (κ1) is 10.8. The number of ether oxygens (including phenoxy) is 1. The summed E-state index contributed by atoms with van der Waals surface area (Å²) >= 11 is 0. The van der Waals surface area contributed by atoms with E-state index >= 15 is 0 Å². The number of carbonyl (C=O) groups is 2. The Morgan fingerprint density at radius 1 is 1.50 bits per heavy atom. The summed E-state index contributed by atoms with van der Waals surface area (Å²) in [6.45, 7) is 3.99. The summed E-state index contributed by atoms with van der Waals surface area (Å²) in [6.07, 6.45) is 2.16. The number of carbonyl (C=O) groups excluding carboxylic acids is 2. The predicted octanol–water partition coefficient (Wildman–Crippen LogP) is 1.62. The number of alkyl carbamates (subject to hydrolysis) is 1. The van der Waals surface area contributed by atoms with Gasteiger partial charge in [-0.15, -0.1) is 0 Å². The largest absolute Gasteiger partial charge is 0.453 e. The molecule has 0 bridgehead atoms. The Morgan fingerprint density at radius 2 is 2.14 bits per heavy atom. The number of allylic oxidation sites excluding steroid dienone is 2. The maximum atomic E-state index is 11.3. The molecule has 0 fully saturated rings. The molecule has 4 nitrogen and oxygen atoms in total. The van der Waals surface area contributed by atoms with Crippen LogP contribution < -0.4 is 5.32 Å². The number of methoxy groups -OCH3 is 1. The third-order valence-corrected chi connectivity index (χ3v) is 2.11. The van der Waals surface area contributed by atoms with E-state index in [-0.39, 0.29) is 11.2 Å². The summed E-state index contributed by atoms with van der Waals surface area (Å²) in [5, 5.41) is 2.53. The number of nitrogens with one attached hydrogen (secondary N) is 1. The average molecular weight is 197 g/mol. The third-order valence-electron chi connectivity index (χ3n) is 2.11. The molecule has 0 atom stereocenters. The minimum atomic E-state index is -0.526. The molecule has 0 unspecified atom stereocenters. The van der Waals surface area contributed by atoms with Gasteiger partial charge in [0, 0.05) is 18.2 Å². The highest BCUT2D eigenvalue weighted by molar-refractivity contribution is 5.92. The second-order valence-electron chi connectivity index (χ2n) is 4.27. The van der Waals surface area contributed by atoms with Gasteiger partial charge in [-0.05, 0) is 11.8 Å². The Balaban J connectivity index is 2.70. The van der Waals surface area contributed by atoms with Gasteiger partial charge in [0.05, 0.1) is 7.11 Å². The molecule has 4 heteroatoms. The predicted molar refractivity (Wildman–Crippen MR) is 51.6 cm³/mol. The fraction of sp³-hybridized carbons (Fsp3) is 0.600. The summed E-state index contributed by atoms with van der Waals surface area (Å²) in [5.41, 5.74) is 0.556. The molecule has 0 aromatic rings. The molecule has 0 aliphatic heterocycles. The molecule has 0 radical (unpaired) electrons. The molecule has 14 heavy (non-hydrogen) atoms. The van der Waals surface area contributed by atoms with Crippen LogP contribution >= 0.6 is 0 Å². The molecule has 1 aliphatic carbocycles. The van der Waals surface area contributed by atoms with Crippen LogP contribution in [0.4, 0.5) is 4.79 Å². The zero-order valence-corrected chi connectivity index (χ0v) is 8.72. The number of hydrogen-bond donors (Lipinski definition) is 1. The second kappa shape index (κ2) is 3.82. The molecule has 0 aromatic carbocycles. The highest BCUT2D eigenvalue weighted by Crippen LogP contribution is 2.32. The van der Waals surface area contributed by atoms with E-state index in [4.69, 9.17) is 0 Å². The Kier molecular flexibility index (Phi) is 2.93. The smallest absolute Gasteiger partial charge is 0.411 e. The van der Waals surface area contributed by atoms with Gasteiger partial charge in [-0.3, -0.25) is 10.1 Å². The van der Waals surface area contributed by atoms with Crippen LogP contribution in [0.3, 0.4) is 0 Å². The normalized spacial score (nSPS) is 19.9. The maximum absolute atomic E-state index is 11.3. The third kappa shape index (κ3) is 2.87. The molecule has 0 spiro atoms. The monoisotopic (exact) mass is 197 g/mol. The van der Waals surface area contributed by atoms with Gasteiger partial charge in [0.2, 0.25) is 0 Å². The van der Waals surface area contributed by atoms with Crippen molar-refractivity contribution in [1.29, 1.82) is 0 Å². The molecule has 1 aliphatic rings. The molecule has 0 saturated heterocycles. The Hall–Kier alpha value is -1.32. The molecular formula is C10H15NO3. The Morgan fingerprint density at radius 3 is 2.64 bits per heavy atom. The van der Waals surface area contributed by atoms with E-state index in [1.54, 1.807) is 0 Å². The molecular weight excluding hydrogens is 182 g/mol. The van der Waals surface area contributed by atoms with Gasteiger partial charge in [-0.25, -0.2) is 4.79 Å². The molecule has 0 heterocycles. The van der Waals surface area contributed by atoms with E-state index in [9.17, 15) is 9.59 Å². The summed E-state index contributed by atoms with van der Waals surface area (Å²) < 4.78 is 4.45. The van der Waals surface area contributed by atoms with Gasteiger partial charge in [-0.1, -0.05) is 13.8 Å². The van der Waals surface area contributed by atoms with Crippen LogP contribution in [0.1, 0.15) is 26.7 Å². The standard InChI is InChI=1S/C10H15NO3/c1-10(2)5-7(4-8(12)6-10)11-9(13)14-3/h4H,5-6H2,1-3H3,(H,11,13). The summed E-state index contributed by atoms with van der Waals surface area (Å²) in [4.78, 5) is 22.2. The lowest BCUT2D eigenvalue weighted by Crippen LogP contribution is -2.31. The van der Waals surface area contributed by atoms with Gasteiger partial charge in [0.15, 0.2) is 5.78 Å². The highest BCUT2D eigenvalue weighted by Gasteiger charge is 2.28. The van der Waals surface area contributed by atoms with E-state index < -0.39 is 6.09 Å². The molecule has 0 saturated carbocycles. The second-order valence-corrected chi connectivity index (χ2v) is 4.27. The first-order valence-corrected chi connectivity index (χ1v) is 4.51. The fourth-order valence-corrected chi connectivity index (χ4v) is 1.61. The van der Waals surface area contributed by atoms with Crippen molar-refractivity contribution in [2.45, 2.75) is 26.7 Å². The van der Waals surface area contributed by atoms with Crippen molar-refractivity contribution < 1.29 is 14.3 Å². The van der Waals surface area contributed by atoms with E-state index in [0.29, 0.717) is 18.5 Å². The topological polar surface area (TPSA) is 55.4 Å². The zero-order chi connectivity index (χ0) is 10.8. The van der Waals surface area contributed by atoms with Crippen molar-refractivity contribution in [3.63, 3.8) is 0 Å². The SMILES string of the molecule is COC(=O)NC1=CC(=O)CC(C)(C)C1. The van der Waals surface area contributed by atoms with Crippen molar-refractivity contribution in [2.75, 3.05) is 7.11 Å². The van der Waals surface area contributed by atoms with Crippen LogP contribution in [-0.4, -0.2) is 19.0 Å². The van der Waals surface area contributed by atoms with E-state index in [0.717, 1.165) is 0 Å². The minimum Gasteiger partial charge on any atom is -0.453 e. The lowest BCUT2D eigenvalue weighted by Gasteiger charge is -2.28. The van der Waals surface area contributed by atoms with Gasteiger partial charge >= 0.3 is 6.09 Å². The number of amides is 1. The molecule has 78 valence electrons. The van der Waals surface area contributed by atoms with E-state index in [2.05, 4.69) is 10.1 Å². The van der Waals surface area contributed by atoms with Gasteiger partial charge < -0.3 is 4.74 Å². The Bertz CT molecular complexity index is 292. The summed E-state index contributed by atoms with van der Waals surface area (Å²) in [6, 6.07) is 0. The van der Waals surface area contributed by atoms with Crippen molar-refractivity contribution in [2.24, 2.45) is 5.41 Å². The summed E-state index contributed by atoms with van der Waals surface area (Å²) in [7, 11) is 1.30. The van der Waals surface area contributed by atoms with Crippen molar-refractivity contribution in [3.8, 4) is 0 Å². The lowest BCUT2D eigenvalue weighted by molar-refractivity contribution is -0.117. The molecule has 0 aromatic heterocycles. The zero-order valence-electron chi connectivity index (χ0n) is 8.72. The quantitative estimate of drug-likeness (QED) is 0.694. The number of hydrogen-bond acceptors (Lipinski definition) is 3. The maximum Gasteiger partial charge on any atom is 0.411 e. The van der Waals surface area contributed by atoms with Crippen LogP contribution in [0.15, 0.2) is 11.8 Å². The van der Waals surface area contributed by atoms with Crippen LogP contribution in [0.5, 0.6) is 0 Å². The lowest BCUT2D eigenvalue weighted by atomic mass is 9.79.